The normalized spacial score (nSPS) is 14.2. The molecule has 0 aliphatic carbocycles. The van der Waals surface area contributed by atoms with Crippen LogP contribution in [0.25, 0.3) is 0 Å². The van der Waals surface area contributed by atoms with Crippen LogP contribution in [-0.4, -0.2) is 41.7 Å². The van der Waals surface area contributed by atoms with Crippen molar-refractivity contribution in [1.82, 2.24) is 29.2 Å². The fraction of sp³-hybridized carbons (Fsp3) is 0.312. The summed E-state index contributed by atoms with van der Waals surface area (Å²) < 4.78 is 8.22. The third kappa shape index (κ3) is 3.08. The van der Waals surface area contributed by atoms with Crippen molar-refractivity contribution in [2.75, 3.05) is 6.54 Å². The molecular weight excluding hydrogens is 324 g/mol. The molecule has 0 bridgehead atoms. The molecule has 25 heavy (non-hydrogen) atoms. The van der Waals surface area contributed by atoms with Crippen molar-refractivity contribution in [3.63, 3.8) is 0 Å². The predicted molar refractivity (Wildman–Crippen MR) is 85.7 cm³/mol. The van der Waals surface area contributed by atoms with Crippen molar-refractivity contribution < 1.29 is 9.21 Å². The molecule has 128 valence electrons. The summed E-state index contributed by atoms with van der Waals surface area (Å²) in [6.07, 6.45) is 6.59. The lowest BCUT2D eigenvalue weighted by atomic mass is 10.2. The molecule has 1 aliphatic heterocycles. The van der Waals surface area contributed by atoms with E-state index in [0.29, 0.717) is 43.1 Å². The molecule has 0 radical (unpaired) electrons. The topological polar surface area (TPSA) is 99.1 Å². The van der Waals surface area contributed by atoms with Gasteiger partial charge in [0, 0.05) is 19.2 Å². The van der Waals surface area contributed by atoms with E-state index in [1.807, 2.05) is 0 Å². The number of aromatic nitrogens is 5. The summed E-state index contributed by atoms with van der Waals surface area (Å²) in [6, 6.07) is 3.15. The van der Waals surface area contributed by atoms with Gasteiger partial charge in [0.05, 0.1) is 30.6 Å². The Morgan fingerprint density at radius 2 is 2.24 bits per heavy atom. The first-order valence-electron chi connectivity index (χ1n) is 7.94. The van der Waals surface area contributed by atoms with Gasteiger partial charge in [-0.1, -0.05) is 0 Å². The molecule has 0 aromatic carbocycles. The Bertz CT molecular complexity index is 929. The van der Waals surface area contributed by atoms with Gasteiger partial charge in [-0.15, -0.1) is 0 Å². The van der Waals surface area contributed by atoms with E-state index in [2.05, 4.69) is 15.1 Å². The van der Waals surface area contributed by atoms with Crippen molar-refractivity contribution >= 4 is 5.91 Å². The number of carbonyl (C=O) groups excluding carboxylic acids is 1. The zero-order chi connectivity index (χ0) is 17.2. The Hall–Kier alpha value is -3.23. The van der Waals surface area contributed by atoms with Crippen LogP contribution in [0.5, 0.6) is 0 Å². The second-order valence-electron chi connectivity index (χ2n) is 5.84. The van der Waals surface area contributed by atoms with E-state index in [-0.39, 0.29) is 18.0 Å². The van der Waals surface area contributed by atoms with Crippen LogP contribution in [-0.2, 0) is 19.6 Å². The molecule has 0 unspecified atom stereocenters. The molecule has 0 saturated heterocycles. The van der Waals surface area contributed by atoms with Gasteiger partial charge in [0.15, 0.2) is 0 Å². The minimum absolute atomic E-state index is 0.113. The van der Waals surface area contributed by atoms with Gasteiger partial charge in [-0.2, -0.15) is 5.10 Å². The van der Waals surface area contributed by atoms with Gasteiger partial charge in [-0.05, 0) is 12.5 Å². The monoisotopic (exact) mass is 340 g/mol. The first kappa shape index (κ1) is 15.3. The third-order valence-corrected chi connectivity index (χ3v) is 4.13. The van der Waals surface area contributed by atoms with Crippen LogP contribution in [0.4, 0.5) is 0 Å². The molecule has 9 heteroatoms. The highest BCUT2D eigenvalue weighted by Gasteiger charge is 2.22. The van der Waals surface area contributed by atoms with Gasteiger partial charge in [-0.3, -0.25) is 14.2 Å². The van der Waals surface area contributed by atoms with Crippen LogP contribution in [0, 0.1) is 0 Å². The van der Waals surface area contributed by atoms with E-state index < -0.39 is 0 Å². The Morgan fingerprint density at radius 3 is 3.00 bits per heavy atom. The molecule has 0 atom stereocenters. The number of amides is 1. The first-order valence-corrected chi connectivity index (χ1v) is 7.94. The van der Waals surface area contributed by atoms with Gasteiger partial charge < -0.3 is 9.32 Å². The van der Waals surface area contributed by atoms with Crippen LogP contribution in [0.2, 0.25) is 0 Å². The Kier molecular flexibility index (Phi) is 3.88. The van der Waals surface area contributed by atoms with E-state index in [9.17, 15) is 9.59 Å². The van der Waals surface area contributed by atoms with E-state index in [1.165, 1.54) is 24.9 Å². The number of carbonyl (C=O) groups is 1. The second-order valence-corrected chi connectivity index (χ2v) is 5.84. The zero-order valence-corrected chi connectivity index (χ0v) is 13.4. The molecule has 4 rings (SSSR count). The Balaban J connectivity index is 1.64. The van der Waals surface area contributed by atoms with Gasteiger partial charge >= 0.3 is 0 Å². The van der Waals surface area contributed by atoms with Crippen LogP contribution in [0.1, 0.15) is 28.3 Å². The maximum absolute atomic E-state index is 12.6. The average molecular weight is 340 g/mol. The fourth-order valence-corrected chi connectivity index (χ4v) is 2.94. The van der Waals surface area contributed by atoms with Gasteiger partial charge in [-0.25, -0.2) is 14.6 Å². The van der Waals surface area contributed by atoms with Crippen molar-refractivity contribution in [1.29, 1.82) is 0 Å². The molecular formula is C16H16N6O3. The van der Waals surface area contributed by atoms with Gasteiger partial charge in [0.25, 0.3) is 11.5 Å². The highest BCUT2D eigenvalue weighted by Crippen LogP contribution is 2.14. The molecule has 4 heterocycles. The number of rotatable bonds is 3. The summed E-state index contributed by atoms with van der Waals surface area (Å²) in [6.45, 7) is 1.74. The maximum atomic E-state index is 12.6. The minimum Gasteiger partial charge on any atom is -0.472 e. The van der Waals surface area contributed by atoms with E-state index in [0.717, 1.165) is 0 Å². The summed E-state index contributed by atoms with van der Waals surface area (Å²) >= 11 is 0. The number of furan rings is 1. The Morgan fingerprint density at radius 1 is 1.32 bits per heavy atom. The average Bonchev–Trinajstić information content (AvgIpc) is 3.25. The summed E-state index contributed by atoms with van der Waals surface area (Å²) in [7, 11) is 0. The highest BCUT2D eigenvalue weighted by molar-refractivity contribution is 5.93. The quantitative estimate of drug-likeness (QED) is 0.689. The molecule has 9 nitrogen and oxygen atoms in total. The molecule has 1 aliphatic rings. The molecule has 0 fully saturated rings. The van der Waals surface area contributed by atoms with Crippen LogP contribution in [0.3, 0.4) is 0 Å². The minimum atomic E-state index is -0.127. The van der Waals surface area contributed by atoms with Crippen molar-refractivity contribution in [2.45, 2.75) is 26.1 Å². The van der Waals surface area contributed by atoms with Crippen molar-refractivity contribution in [2.24, 2.45) is 0 Å². The predicted octanol–water partition coefficient (Wildman–Crippen LogP) is 0.522. The van der Waals surface area contributed by atoms with Crippen LogP contribution in [0.15, 0.2) is 46.5 Å². The fourth-order valence-electron chi connectivity index (χ4n) is 2.94. The SMILES string of the molecule is O=C(c1ccoc1)N1CCCn2c(nc(Cn3cncn3)cc2=O)C1. The summed E-state index contributed by atoms with van der Waals surface area (Å²) in [5, 5.41) is 4.03. The largest absolute Gasteiger partial charge is 0.472 e. The standard InChI is InChI=1S/C16H16N6O3/c23-15-6-13(7-21-11-17-10-18-21)19-14-8-20(3-1-4-22(14)15)16(24)12-2-5-25-9-12/h2,5-6,9-11H,1,3-4,7-8H2. The Labute approximate surface area is 142 Å². The van der Waals surface area contributed by atoms with Crippen molar-refractivity contribution in [3.05, 3.63) is 64.7 Å². The van der Waals surface area contributed by atoms with E-state index >= 15 is 0 Å². The van der Waals surface area contributed by atoms with Crippen LogP contribution < -0.4 is 5.56 Å². The first-order chi connectivity index (χ1) is 12.2. The third-order valence-electron chi connectivity index (χ3n) is 4.13. The van der Waals surface area contributed by atoms with Gasteiger partial charge in [0.2, 0.25) is 0 Å². The second kappa shape index (κ2) is 6.34. The van der Waals surface area contributed by atoms with Crippen molar-refractivity contribution in [3.8, 4) is 0 Å². The number of nitrogens with zero attached hydrogens (tertiary/aromatic N) is 6. The molecule has 1 amide bonds. The lowest BCUT2D eigenvalue weighted by Gasteiger charge is -2.19. The molecule has 0 saturated carbocycles. The molecule has 3 aromatic heterocycles. The number of hydrogen-bond donors (Lipinski definition) is 0. The lowest BCUT2D eigenvalue weighted by Crippen LogP contribution is -2.32. The highest BCUT2D eigenvalue weighted by atomic mass is 16.3. The number of fused-ring (bicyclic) bond motifs is 1. The van der Waals surface area contributed by atoms with E-state index in [1.54, 1.807) is 26.5 Å². The summed E-state index contributed by atoms with van der Waals surface area (Å²) in [5.74, 6) is 0.454. The van der Waals surface area contributed by atoms with Crippen LogP contribution >= 0.6 is 0 Å². The smallest absolute Gasteiger partial charge is 0.257 e. The van der Waals surface area contributed by atoms with E-state index in [4.69, 9.17) is 4.42 Å². The number of hydrogen-bond acceptors (Lipinski definition) is 6. The molecule has 3 aromatic rings. The summed E-state index contributed by atoms with van der Waals surface area (Å²) in [4.78, 5) is 35.2. The molecule has 0 spiro atoms. The zero-order valence-electron chi connectivity index (χ0n) is 13.4. The summed E-state index contributed by atoms with van der Waals surface area (Å²) in [5.41, 5.74) is 0.978. The maximum Gasteiger partial charge on any atom is 0.257 e. The van der Waals surface area contributed by atoms with Gasteiger partial charge in [0.1, 0.15) is 24.7 Å². The molecule has 0 N–H and O–H groups in total. The lowest BCUT2D eigenvalue weighted by molar-refractivity contribution is 0.0743.